The lowest BCUT2D eigenvalue weighted by Crippen LogP contribution is -2.05. The van der Waals surface area contributed by atoms with Crippen LogP contribution in [-0.4, -0.2) is 0 Å². The average molecular weight is 237 g/mol. The normalized spacial score (nSPS) is 14.3. The second-order valence-electron chi connectivity index (χ2n) is 3.77. The summed E-state index contributed by atoms with van der Waals surface area (Å²) in [4.78, 5) is 0. The minimum Gasteiger partial charge on any atom is -0.166 e. The molecule has 0 aliphatic heterocycles. The van der Waals surface area contributed by atoms with Gasteiger partial charge in [-0.3, -0.25) is 0 Å². The summed E-state index contributed by atoms with van der Waals surface area (Å²) in [6.45, 7) is 3.85. The lowest BCUT2D eigenvalue weighted by atomic mass is 10.0. The van der Waals surface area contributed by atoms with E-state index in [1.165, 1.54) is 12.1 Å². The number of benzene rings is 1. The molecule has 0 radical (unpaired) electrons. The Labute approximate surface area is 92.1 Å². The maximum absolute atomic E-state index is 12.2. The molecule has 0 heterocycles. The van der Waals surface area contributed by atoms with Gasteiger partial charge >= 0.3 is 6.18 Å². The third-order valence-corrected chi connectivity index (χ3v) is 2.90. The van der Waals surface area contributed by atoms with E-state index in [1.807, 2.05) is 13.8 Å². The first-order valence-corrected chi connectivity index (χ1v) is 5.07. The van der Waals surface area contributed by atoms with Crippen molar-refractivity contribution >= 4 is 11.6 Å². The number of halogens is 4. The molecule has 0 bridgehead atoms. The molecule has 15 heavy (non-hydrogen) atoms. The summed E-state index contributed by atoms with van der Waals surface area (Å²) >= 11 is 6.03. The molecule has 1 atom stereocenters. The molecule has 0 aliphatic carbocycles. The molecule has 1 aromatic carbocycles. The maximum Gasteiger partial charge on any atom is 0.416 e. The van der Waals surface area contributed by atoms with Gasteiger partial charge in [0.1, 0.15) is 0 Å². The van der Waals surface area contributed by atoms with Gasteiger partial charge in [0.15, 0.2) is 0 Å². The Balaban J connectivity index is 2.91. The molecular weight excluding hydrogens is 225 g/mol. The van der Waals surface area contributed by atoms with Gasteiger partial charge in [-0.05, 0) is 23.6 Å². The van der Waals surface area contributed by atoms with Crippen LogP contribution in [0.1, 0.15) is 30.4 Å². The fraction of sp³-hybridized carbons (Fsp3) is 0.455. The molecule has 1 rings (SSSR count). The van der Waals surface area contributed by atoms with Crippen LogP contribution in [0, 0.1) is 5.92 Å². The van der Waals surface area contributed by atoms with Crippen molar-refractivity contribution in [2.24, 2.45) is 5.92 Å². The van der Waals surface area contributed by atoms with Crippen LogP contribution >= 0.6 is 11.6 Å². The zero-order valence-electron chi connectivity index (χ0n) is 8.48. The summed E-state index contributed by atoms with van der Waals surface area (Å²) < 4.78 is 36.7. The molecule has 0 aromatic heterocycles. The molecule has 0 unspecified atom stereocenters. The van der Waals surface area contributed by atoms with E-state index in [0.29, 0.717) is 0 Å². The Morgan fingerprint density at radius 2 is 1.53 bits per heavy atom. The van der Waals surface area contributed by atoms with Crippen LogP contribution in [-0.2, 0) is 6.18 Å². The Hall–Kier alpha value is -0.700. The zero-order chi connectivity index (χ0) is 11.6. The molecule has 0 fully saturated rings. The lowest BCUT2D eigenvalue weighted by Gasteiger charge is -2.14. The van der Waals surface area contributed by atoms with Crippen molar-refractivity contribution in [3.8, 4) is 0 Å². The molecule has 0 N–H and O–H groups in total. The quantitative estimate of drug-likeness (QED) is 0.656. The minimum absolute atomic E-state index is 0.198. The standard InChI is InChI=1S/C11H12ClF3/c1-7(2)10(12)8-3-5-9(6-4-8)11(13,14)15/h3-7,10H,1-2H3/t10-/m1/s1. The van der Waals surface area contributed by atoms with Gasteiger partial charge in [0, 0.05) is 0 Å². The van der Waals surface area contributed by atoms with E-state index in [2.05, 4.69) is 0 Å². The van der Waals surface area contributed by atoms with Gasteiger partial charge in [-0.1, -0.05) is 26.0 Å². The fourth-order valence-corrected chi connectivity index (χ4v) is 1.39. The highest BCUT2D eigenvalue weighted by Gasteiger charge is 2.30. The van der Waals surface area contributed by atoms with E-state index in [0.717, 1.165) is 17.7 Å². The number of alkyl halides is 4. The highest BCUT2D eigenvalue weighted by molar-refractivity contribution is 6.20. The monoisotopic (exact) mass is 236 g/mol. The average Bonchev–Trinajstić information content (AvgIpc) is 2.15. The highest BCUT2D eigenvalue weighted by atomic mass is 35.5. The van der Waals surface area contributed by atoms with Crippen molar-refractivity contribution in [2.75, 3.05) is 0 Å². The van der Waals surface area contributed by atoms with E-state index in [4.69, 9.17) is 11.6 Å². The zero-order valence-corrected chi connectivity index (χ0v) is 9.23. The third-order valence-electron chi connectivity index (χ3n) is 2.14. The van der Waals surface area contributed by atoms with Gasteiger partial charge in [0.25, 0.3) is 0 Å². The van der Waals surface area contributed by atoms with Gasteiger partial charge in [0.2, 0.25) is 0 Å². The summed E-state index contributed by atoms with van der Waals surface area (Å²) in [5.74, 6) is 0.198. The van der Waals surface area contributed by atoms with E-state index in [9.17, 15) is 13.2 Å². The summed E-state index contributed by atoms with van der Waals surface area (Å²) in [5, 5.41) is -0.243. The van der Waals surface area contributed by atoms with E-state index in [1.54, 1.807) is 0 Å². The van der Waals surface area contributed by atoms with Crippen LogP contribution in [0.5, 0.6) is 0 Å². The van der Waals surface area contributed by atoms with Crippen molar-refractivity contribution in [2.45, 2.75) is 25.4 Å². The van der Waals surface area contributed by atoms with Crippen LogP contribution in [0.2, 0.25) is 0 Å². The van der Waals surface area contributed by atoms with Crippen LogP contribution in [0.3, 0.4) is 0 Å². The topological polar surface area (TPSA) is 0 Å². The van der Waals surface area contributed by atoms with Gasteiger partial charge in [-0.2, -0.15) is 13.2 Å². The molecular formula is C11H12ClF3. The molecule has 0 aliphatic rings. The van der Waals surface area contributed by atoms with Crippen molar-refractivity contribution in [3.05, 3.63) is 35.4 Å². The fourth-order valence-electron chi connectivity index (χ4n) is 1.24. The molecule has 84 valence electrons. The van der Waals surface area contributed by atoms with Gasteiger partial charge in [0.05, 0.1) is 10.9 Å². The molecule has 0 saturated carbocycles. The largest absolute Gasteiger partial charge is 0.416 e. The first-order valence-electron chi connectivity index (χ1n) is 4.63. The van der Waals surface area contributed by atoms with Gasteiger partial charge < -0.3 is 0 Å². The van der Waals surface area contributed by atoms with Crippen molar-refractivity contribution in [3.63, 3.8) is 0 Å². The molecule has 4 heteroatoms. The summed E-state index contributed by atoms with van der Waals surface area (Å²) in [5.41, 5.74) is 0.0820. The van der Waals surface area contributed by atoms with Crippen LogP contribution in [0.15, 0.2) is 24.3 Å². The van der Waals surface area contributed by atoms with Crippen molar-refractivity contribution in [1.29, 1.82) is 0 Å². The molecule has 0 spiro atoms. The lowest BCUT2D eigenvalue weighted by molar-refractivity contribution is -0.137. The van der Waals surface area contributed by atoms with E-state index in [-0.39, 0.29) is 11.3 Å². The molecule has 0 amide bonds. The van der Waals surface area contributed by atoms with Gasteiger partial charge in [-0.25, -0.2) is 0 Å². The Kier molecular flexibility index (Phi) is 3.66. The molecule has 0 saturated heterocycles. The Morgan fingerprint density at radius 3 is 1.87 bits per heavy atom. The van der Waals surface area contributed by atoms with E-state index < -0.39 is 11.7 Å². The SMILES string of the molecule is CC(C)[C@@H](Cl)c1ccc(C(F)(F)F)cc1. The van der Waals surface area contributed by atoms with Gasteiger partial charge in [-0.15, -0.1) is 11.6 Å². The smallest absolute Gasteiger partial charge is 0.166 e. The second kappa shape index (κ2) is 4.44. The van der Waals surface area contributed by atoms with Crippen LogP contribution in [0.25, 0.3) is 0 Å². The van der Waals surface area contributed by atoms with Crippen molar-refractivity contribution in [1.82, 2.24) is 0 Å². The van der Waals surface area contributed by atoms with Crippen LogP contribution in [0.4, 0.5) is 13.2 Å². The maximum atomic E-state index is 12.2. The number of hydrogen-bond acceptors (Lipinski definition) is 0. The summed E-state index contributed by atoms with van der Waals surface area (Å²) in [6.07, 6.45) is -4.28. The molecule has 1 aromatic rings. The number of hydrogen-bond donors (Lipinski definition) is 0. The Bertz CT molecular complexity index is 314. The predicted molar refractivity (Wildman–Crippen MR) is 54.9 cm³/mol. The molecule has 0 nitrogen and oxygen atoms in total. The first kappa shape index (κ1) is 12.4. The van der Waals surface area contributed by atoms with Crippen LogP contribution < -0.4 is 0 Å². The van der Waals surface area contributed by atoms with Crippen molar-refractivity contribution < 1.29 is 13.2 Å². The first-order chi connectivity index (χ1) is 6.82. The Morgan fingerprint density at radius 1 is 1.07 bits per heavy atom. The minimum atomic E-state index is -4.28. The number of rotatable bonds is 2. The van der Waals surface area contributed by atoms with E-state index >= 15 is 0 Å². The highest BCUT2D eigenvalue weighted by Crippen LogP contribution is 2.33. The third kappa shape index (κ3) is 3.13. The second-order valence-corrected chi connectivity index (χ2v) is 4.24. The summed E-state index contributed by atoms with van der Waals surface area (Å²) in [7, 11) is 0. The summed E-state index contributed by atoms with van der Waals surface area (Å²) in [6, 6.07) is 4.99. The predicted octanol–water partition coefficient (Wildman–Crippen LogP) is 4.64.